The van der Waals surface area contributed by atoms with E-state index in [0.29, 0.717) is 0 Å². The van der Waals surface area contributed by atoms with Gasteiger partial charge in [-0.25, -0.2) is 0 Å². The molecule has 2 heterocycles. The Morgan fingerprint density at radius 2 is 2.25 bits per heavy atom. The van der Waals surface area contributed by atoms with Gasteiger partial charge in [0.05, 0.1) is 6.54 Å². The average molecular weight is 240 g/mol. The van der Waals surface area contributed by atoms with Crippen LogP contribution in [0.5, 0.6) is 0 Å². The Morgan fingerprint density at radius 3 is 3.00 bits per heavy atom. The van der Waals surface area contributed by atoms with E-state index in [2.05, 4.69) is 27.3 Å². The van der Waals surface area contributed by atoms with Gasteiger partial charge in [-0.15, -0.1) is 10.2 Å². The minimum atomic E-state index is 0.882. The monoisotopic (exact) mass is 240 g/mol. The van der Waals surface area contributed by atoms with Crippen LogP contribution in [0.4, 0.5) is 5.13 Å². The molecule has 1 N–H and O–H groups in total. The molecule has 1 aromatic heterocycles. The molecule has 0 aliphatic carbocycles. The van der Waals surface area contributed by atoms with Gasteiger partial charge in [-0.2, -0.15) is 0 Å². The number of likely N-dealkylation sites (tertiary alicyclic amines) is 1. The molecular formula is C11H20N4S. The van der Waals surface area contributed by atoms with E-state index in [1.165, 1.54) is 32.4 Å². The topological polar surface area (TPSA) is 41.1 Å². The van der Waals surface area contributed by atoms with Crippen LogP contribution in [0.25, 0.3) is 0 Å². The van der Waals surface area contributed by atoms with Crippen LogP contribution in [-0.4, -0.2) is 35.2 Å². The van der Waals surface area contributed by atoms with Crippen molar-refractivity contribution in [3.8, 4) is 0 Å². The van der Waals surface area contributed by atoms with E-state index in [0.717, 1.165) is 22.6 Å². The van der Waals surface area contributed by atoms with Crippen LogP contribution in [0, 0.1) is 5.92 Å². The number of aromatic nitrogens is 2. The minimum absolute atomic E-state index is 0.882. The third-order valence-corrected chi connectivity index (χ3v) is 4.07. The van der Waals surface area contributed by atoms with Crippen molar-refractivity contribution in [3.05, 3.63) is 5.01 Å². The van der Waals surface area contributed by atoms with Crippen molar-refractivity contribution in [1.82, 2.24) is 15.1 Å². The molecule has 0 saturated carbocycles. The molecule has 16 heavy (non-hydrogen) atoms. The minimum Gasteiger partial charge on any atom is -0.363 e. The van der Waals surface area contributed by atoms with Gasteiger partial charge in [0.1, 0.15) is 5.01 Å². The van der Waals surface area contributed by atoms with Crippen LogP contribution < -0.4 is 5.32 Å². The van der Waals surface area contributed by atoms with Gasteiger partial charge in [-0.3, -0.25) is 4.90 Å². The Morgan fingerprint density at radius 1 is 1.38 bits per heavy atom. The fraction of sp³-hybridized carbons (Fsp3) is 0.818. The van der Waals surface area contributed by atoms with Gasteiger partial charge < -0.3 is 5.32 Å². The first-order chi connectivity index (χ1) is 7.78. The molecule has 1 atom stereocenters. The molecule has 90 valence electrons. The van der Waals surface area contributed by atoms with Gasteiger partial charge in [0, 0.05) is 7.05 Å². The first kappa shape index (κ1) is 11.8. The first-order valence-corrected chi connectivity index (χ1v) is 6.82. The van der Waals surface area contributed by atoms with Crippen LogP contribution >= 0.6 is 11.3 Å². The normalized spacial score (nSPS) is 23.0. The molecule has 2 rings (SSSR count). The number of anilines is 1. The molecule has 5 heteroatoms. The SMILES string of the molecule is CNc1nnc(CN2CCCC(C)CC2)s1. The predicted octanol–water partition coefficient (Wildman–Crippen LogP) is 2.20. The highest BCUT2D eigenvalue weighted by molar-refractivity contribution is 7.15. The second kappa shape index (κ2) is 5.59. The molecular weight excluding hydrogens is 220 g/mol. The van der Waals surface area contributed by atoms with Crippen molar-refractivity contribution in [3.63, 3.8) is 0 Å². The van der Waals surface area contributed by atoms with Gasteiger partial charge in [-0.05, 0) is 38.3 Å². The third kappa shape index (κ3) is 3.15. The number of hydrogen-bond acceptors (Lipinski definition) is 5. The first-order valence-electron chi connectivity index (χ1n) is 6.00. The maximum absolute atomic E-state index is 4.20. The maximum Gasteiger partial charge on any atom is 0.205 e. The molecule has 0 aromatic carbocycles. The van der Waals surface area contributed by atoms with Gasteiger partial charge in [0.15, 0.2) is 0 Å². The molecule has 1 saturated heterocycles. The molecule has 1 aliphatic heterocycles. The molecule has 1 fully saturated rings. The Kier molecular flexibility index (Phi) is 4.12. The Balaban J connectivity index is 1.88. The zero-order valence-corrected chi connectivity index (χ0v) is 10.9. The quantitative estimate of drug-likeness (QED) is 0.879. The van der Waals surface area contributed by atoms with E-state index in [9.17, 15) is 0 Å². The van der Waals surface area contributed by atoms with Crippen molar-refractivity contribution in [1.29, 1.82) is 0 Å². The van der Waals surface area contributed by atoms with E-state index in [1.54, 1.807) is 11.3 Å². The van der Waals surface area contributed by atoms with E-state index in [1.807, 2.05) is 7.05 Å². The second-order valence-electron chi connectivity index (χ2n) is 4.56. The summed E-state index contributed by atoms with van der Waals surface area (Å²) < 4.78 is 0. The number of hydrogen-bond donors (Lipinski definition) is 1. The highest BCUT2D eigenvalue weighted by Gasteiger charge is 2.15. The van der Waals surface area contributed by atoms with Gasteiger partial charge in [-0.1, -0.05) is 18.3 Å². The largest absolute Gasteiger partial charge is 0.363 e. The summed E-state index contributed by atoms with van der Waals surface area (Å²) in [6.07, 6.45) is 4.00. The Labute approximate surface area is 101 Å². The summed E-state index contributed by atoms with van der Waals surface area (Å²) in [7, 11) is 1.89. The highest BCUT2D eigenvalue weighted by atomic mass is 32.1. The van der Waals surface area contributed by atoms with Crippen molar-refractivity contribution >= 4 is 16.5 Å². The molecule has 0 amide bonds. The lowest BCUT2D eigenvalue weighted by molar-refractivity contribution is 0.272. The van der Waals surface area contributed by atoms with Gasteiger partial charge >= 0.3 is 0 Å². The van der Waals surface area contributed by atoms with Crippen molar-refractivity contribution in [2.24, 2.45) is 5.92 Å². The third-order valence-electron chi connectivity index (χ3n) is 3.15. The van der Waals surface area contributed by atoms with E-state index in [-0.39, 0.29) is 0 Å². The van der Waals surface area contributed by atoms with Crippen LogP contribution in [0.2, 0.25) is 0 Å². The summed E-state index contributed by atoms with van der Waals surface area (Å²) in [6.45, 7) is 5.73. The molecule has 4 nitrogen and oxygen atoms in total. The lowest BCUT2D eigenvalue weighted by Gasteiger charge is -2.17. The fourth-order valence-corrected chi connectivity index (χ4v) is 2.83. The van der Waals surface area contributed by atoms with Crippen molar-refractivity contribution < 1.29 is 0 Å². The van der Waals surface area contributed by atoms with Crippen molar-refractivity contribution in [2.45, 2.75) is 32.7 Å². The standard InChI is InChI=1S/C11H20N4S/c1-9-4-3-6-15(7-5-9)8-10-13-14-11(12-2)16-10/h9H,3-8H2,1-2H3,(H,12,14). The van der Waals surface area contributed by atoms with E-state index in [4.69, 9.17) is 0 Å². The number of nitrogens with zero attached hydrogens (tertiary/aromatic N) is 3. The maximum atomic E-state index is 4.20. The van der Waals surface area contributed by atoms with Crippen LogP contribution in [0.15, 0.2) is 0 Å². The molecule has 1 aromatic rings. The number of nitrogens with one attached hydrogen (secondary N) is 1. The van der Waals surface area contributed by atoms with Crippen LogP contribution in [0.3, 0.4) is 0 Å². The zero-order chi connectivity index (χ0) is 11.4. The van der Waals surface area contributed by atoms with Gasteiger partial charge in [0.25, 0.3) is 0 Å². The summed E-state index contributed by atoms with van der Waals surface area (Å²) in [5.74, 6) is 0.882. The average Bonchev–Trinajstić information content (AvgIpc) is 2.63. The number of rotatable bonds is 3. The van der Waals surface area contributed by atoms with Crippen LogP contribution in [0.1, 0.15) is 31.2 Å². The zero-order valence-electron chi connectivity index (χ0n) is 10.1. The summed E-state index contributed by atoms with van der Waals surface area (Å²) in [5.41, 5.74) is 0. The van der Waals surface area contributed by atoms with E-state index >= 15 is 0 Å². The molecule has 0 spiro atoms. The lowest BCUT2D eigenvalue weighted by Crippen LogP contribution is -2.24. The lowest BCUT2D eigenvalue weighted by atomic mass is 10.0. The summed E-state index contributed by atoms with van der Waals surface area (Å²) in [4.78, 5) is 2.50. The van der Waals surface area contributed by atoms with Crippen LogP contribution in [-0.2, 0) is 6.54 Å². The predicted molar refractivity (Wildman–Crippen MR) is 67.7 cm³/mol. The Hall–Kier alpha value is -0.680. The molecule has 0 radical (unpaired) electrons. The highest BCUT2D eigenvalue weighted by Crippen LogP contribution is 2.20. The van der Waals surface area contributed by atoms with Crippen molar-refractivity contribution in [2.75, 3.05) is 25.5 Å². The second-order valence-corrected chi connectivity index (χ2v) is 5.63. The van der Waals surface area contributed by atoms with Gasteiger partial charge in [0.2, 0.25) is 5.13 Å². The summed E-state index contributed by atoms with van der Waals surface area (Å²) in [5, 5.41) is 13.3. The van der Waals surface area contributed by atoms with E-state index < -0.39 is 0 Å². The molecule has 1 unspecified atom stereocenters. The smallest absolute Gasteiger partial charge is 0.205 e. The molecule has 1 aliphatic rings. The Bertz CT molecular complexity index is 326. The fourth-order valence-electron chi connectivity index (χ4n) is 2.09. The summed E-state index contributed by atoms with van der Waals surface area (Å²) >= 11 is 1.66. The molecule has 0 bridgehead atoms. The summed E-state index contributed by atoms with van der Waals surface area (Å²) in [6, 6.07) is 0.